The topological polar surface area (TPSA) is 46.2 Å². The summed E-state index contributed by atoms with van der Waals surface area (Å²) in [7, 11) is 0. The monoisotopic (exact) mass is 217 g/mol. The lowest BCUT2D eigenvalue weighted by Gasteiger charge is -2.05. The number of carbonyl (C=O) groups excluding carboxylic acids is 2. The smallest absolute Gasteiger partial charge is 0.228 e. The maximum atomic E-state index is 11.8. The summed E-state index contributed by atoms with van der Waals surface area (Å²) in [5.74, 6) is 0.515. The number of hydrogen-bond donors (Lipinski definition) is 1. The standard InChI is InChI=1S/C13H15NO2/c1-8(2)5-12(15)9-3-4-11-10(6-9)7-13(16)14-11/h3-4,6,8H,5,7H2,1-2H3,(H,14,16). The minimum Gasteiger partial charge on any atom is -0.326 e. The molecule has 0 spiro atoms. The fourth-order valence-corrected chi connectivity index (χ4v) is 1.89. The van der Waals surface area contributed by atoms with Crippen LogP contribution in [0.5, 0.6) is 0 Å². The van der Waals surface area contributed by atoms with Crippen LogP contribution in [-0.2, 0) is 11.2 Å². The van der Waals surface area contributed by atoms with Crippen molar-refractivity contribution in [1.82, 2.24) is 0 Å². The Labute approximate surface area is 94.9 Å². The van der Waals surface area contributed by atoms with E-state index in [1.807, 2.05) is 26.0 Å². The van der Waals surface area contributed by atoms with E-state index in [1.54, 1.807) is 6.07 Å². The van der Waals surface area contributed by atoms with Gasteiger partial charge in [0.2, 0.25) is 5.91 Å². The summed E-state index contributed by atoms with van der Waals surface area (Å²) >= 11 is 0. The van der Waals surface area contributed by atoms with Crippen molar-refractivity contribution in [3.63, 3.8) is 0 Å². The molecule has 0 fully saturated rings. The first-order chi connectivity index (χ1) is 7.56. The van der Waals surface area contributed by atoms with Crippen LogP contribution in [0.3, 0.4) is 0 Å². The molecule has 0 saturated heterocycles. The molecule has 1 amide bonds. The van der Waals surface area contributed by atoms with Crippen molar-refractivity contribution in [2.24, 2.45) is 5.92 Å². The molecule has 84 valence electrons. The summed E-state index contributed by atoms with van der Waals surface area (Å²) in [5, 5.41) is 2.75. The number of benzene rings is 1. The fourth-order valence-electron chi connectivity index (χ4n) is 1.89. The number of ketones is 1. The molecule has 0 radical (unpaired) electrons. The molecule has 0 atom stereocenters. The summed E-state index contributed by atoms with van der Waals surface area (Å²) in [6.45, 7) is 4.05. The first-order valence-corrected chi connectivity index (χ1v) is 5.52. The second kappa shape index (κ2) is 4.08. The number of anilines is 1. The van der Waals surface area contributed by atoms with Gasteiger partial charge in [-0.1, -0.05) is 13.8 Å². The highest BCUT2D eigenvalue weighted by molar-refractivity contribution is 6.02. The second-order valence-corrected chi connectivity index (χ2v) is 4.62. The highest BCUT2D eigenvalue weighted by Crippen LogP contribution is 2.24. The summed E-state index contributed by atoms with van der Waals surface area (Å²) in [4.78, 5) is 23.0. The van der Waals surface area contributed by atoms with Gasteiger partial charge in [0.25, 0.3) is 0 Å². The Balaban J connectivity index is 2.22. The number of Topliss-reactive ketones (excluding diaryl/α,β-unsaturated/α-hetero) is 1. The average molecular weight is 217 g/mol. The predicted molar refractivity (Wildman–Crippen MR) is 62.6 cm³/mol. The van der Waals surface area contributed by atoms with Crippen molar-refractivity contribution in [3.05, 3.63) is 29.3 Å². The van der Waals surface area contributed by atoms with E-state index in [9.17, 15) is 9.59 Å². The Morgan fingerprint density at radius 1 is 1.44 bits per heavy atom. The Morgan fingerprint density at radius 3 is 2.88 bits per heavy atom. The lowest BCUT2D eigenvalue weighted by molar-refractivity contribution is -0.115. The van der Waals surface area contributed by atoms with Gasteiger partial charge in [-0.05, 0) is 29.7 Å². The Hall–Kier alpha value is -1.64. The molecule has 16 heavy (non-hydrogen) atoms. The number of rotatable bonds is 3. The van der Waals surface area contributed by atoms with Crippen molar-refractivity contribution in [3.8, 4) is 0 Å². The zero-order valence-corrected chi connectivity index (χ0v) is 9.54. The fraction of sp³-hybridized carbons (Fsp3) is 0.385. The number of amides is 1. The van der Waals surface area contributed by atoms with Gasteiger partial charge in [0.05, 0.1) is 6.42 Å². The van der Waals surface area contributed by atoms with Crippen LogP contribution in [0.15, 0.2) is 18.2 Å². The first-order valence-electron chi connectivity index (χ1n) is 5.52. The van der Waals surface area contributed by atoms with Gasteiger partial charge in [0.15, 0.2) is 5.78 Å². The highest BCUT2D eigenvalue weighted by Gasteiger charge is 2.19. The Kier molecular flexibility index (Phi) is 2.77. The van der Waals surface area contributed by atoms with Crippen LogP contribution < -0.4 is 5.32 Å². The predicted octanol–water partition coefficient (Wildman–Crippen LogP) is 2.41. The van der Waals surface area contributed by atoms with E-state index in [0.29, 0.717) is 24.3 Å². The number of hydrogen-bond acceptors (Lipinski definition) is 2. The summed E-state index contributed by atoms with van der Waals surface area (Å²) in [5.41, 5.74) is 2.48. The average Bonchev–Trinajstić information content (AvgIpc) is 2.55. The molecule has 0 aromatic heterocycles. The van der Waals surface area contributed by atoms with E-state index in [2.05, 4.69) is 5.32 Å². The molecular weight excluding hydrogens is 202 g/mol. The van der Waals surface area contributed by atoms with E-state index >= 15 is 0 Å². The van der Waals surface area contributed by atoms with Gasteiger partial charge in [-0.25, -0.2) is 0 Å². The van der Waals surface area contributed by atoms with Crippen LogP contribution in [0.25, 0.3) is 0 Å². The summed E-state index contributed by atoms with van der Waals surface area (Å²) < 4.78 is 0. The Morgan fingerprint density at radius 2 is 2.19 bits per heavy atom. The normalized spacial score (nSPS) is 13.8. The van der Waals surface area contributed by atoms with Crippen LogP contribution in [0.4, 0.5) is 5.69 Å². The zero-order chi connectivity index (χ0) is 11.7. The van der Waals surface area contributed by atoms with Crippen LogP contribution in [-0.4, -0.2) is 11.7 Å². The molecule has 1 N–H and O–H groups in total. The van der Waals surface area contributed by atoms with Crippen LogP contribution in [0.2, 0.25) is 0 Å². The van der Waals surface area contributed by atoms with Crippen molar-refractivity contribution in [2.75, 3.05) is 5.32 Å². The van der Waals surface area contributed by atoms with E-state index < -0.39 is 0 Å². The molecule has 1 aromatic carbocycles. The molecule has 0 saturated carbocycles. The maximum absolute atomic E-state index is 11.8. The van der Waals surface area contributed by atoms with Gasteiger partial charge >= 0.3 is 0 Å². The van der Waals surface area contributed by atoms with Crippen LogP contribution in [0, 0.1) is 5.92 Å². The van der Waals surface area contributed by atoms with E-state index in [0.717, 1.165) is 11.3 Å². The van der Waals surface area contributed by atoms with Gasteiger partial charge in [0, 0.05) is 17.7 Å². The molecule has 1 aliphatic rings. The molecule has 0 aliphatic carbocycles. The first kappa shape index (κ1) is 10.9. The third-order valence-corrected chi connectivity index (χ3v) is 2.65. The lowest BCUT2D eigenvalue weighted by atomic mass is 9.99. The minimum absolute atomic E-state index is 0.00320. The number of carbonyl (C=O) groups is 2. The molecule has 1 aromatic rings. The zero-order valence-electron chi connectivity index (χ0n) is 9.54. The van der Waals surface area contributed by atoms with E-state index in [4.69, 9.17) is 0 Å². The van der Waals surface area contributed by atoms with Crippen molar-refractivity contribution >= 4 is 17.4 Å². The van der Waals surface area contributed by atoms with E-state index in [1.165, 1.54) is 0 Å². The van der Waals surface area contributed by atoms with Gasteiger partial charge in [-0.2, -0.15) is 0 Å². The van der Waals surface area contributed by atoms with Gasteiger partial charge in [-0.3, -0.25) is 9.59 Å². The quantitative estimate of drug-likeness (QED) is 0.790. The van der Waals surface area contributed by atoms with Gasteiger partial charge in [-0.15, -0.1) is 0 Å². The van der Waals surface area contributed by atoms with Crippen molar-refractivity contribution < 1.29 is 9.59 Å². The largest absolute Gasteiger partial charge is 0.326 e. The second-order valence-electron chi connectivity index (χ2n) is 4.62. The molecule has 3 nitrogen and oxygen atoms in total. The molecule has 1 aliphatic heterocycles. The summed E-state index contributed by atoms with van der Waals surface area (Å²) in [6.07, 6.45) is 0.943. The van der Waals surface area contributed by atoms with Crippen LogP contribution in [0.1, 0.15) is 36.2 Å². The SMILES string of the molecule is CC(C)CC(=O)c1ccc2c(c1)CC(=O)N2. The van der Waals surface area contributed by atoms with Gasteiger partial charge < -0.3 is 5.32 Å². The van der Waals surface area contributed by atoms with Crippen LogP contribution >= 0.6 is 0 Å². The van der Waals surface area contributed by atoms with Gasteiger partial charge in [0.1, 0.15) is 0 Å². The molecule has 0 unspecified atom stereocenters. The molecule has 1 heterocycles. The lowest BCUT2D eigenvalue weighted by Crippen LogP contribution is -2.03. The van der Waals surface area contributed by atoms with E-state index in [-0.39, 0.29) is 11.7 Å². The highest BCUT2D eigenvalue weighted by atomic mass is 16.1. The summed E-state index contributed by atoms with van der Waals surface area (Å²) in [6, 6.07) is 5.43. The van der Waals surface area contributed by atoms with Crippen molar-refractivity contribution in [1.29, 1.82) is 0 Å². The third kappa shape index (κ3) is 2.13. The molecule has 0 bridgehead atoms. The number of fused-ring (bicyclic) bond motifs is 1. The number of nitrogens with one attached hydrogen (secondary N) is 1. The third-order valence-electron chi connectivity index (χ3n) is 2.65. The Bertz CT molecular complexity index is 449. The molecule has 3 heteroatoms. The van der Waals surface area contributed by atoms with Crippen molar-refractivity contribution in [2.45, 2.75) is 26.7 Å². The minimum atomic E-state index is 0.00320. The maximum Gasteiger partial charge on any atom is 0.228 e. The molecule has 2 rings (SSSR count). The molecular formula is C13H15NO2.